The summed E-state index contributed by atoms with van der Waals surface area (Å²) in [6.45, 7) is 13.1. The molecule has 2 aliphatic heterocycles. The minimum Gasteiger partial charge on any atom is -0.488 e. The maximum Gasteiger partial charge on any atom is 0.194 e. The molecule has 1 saturated heterocycles. The van der Waals surface area contributed by atoms with Gasteiger partial charge in [-0.25, -0.2) is 4.99 Å². The van der Waals surface area contributed by atoms with Gasteiger partial charge in [0.2, 0.25) is 0 Å². The average molecular weight is 517 g/mol. The molecule has 164 valence electrons. The van der Waals surface area contributed by atoms with Crippen molar-refractivity contribution in [3.8, 4) is 11.5 Å². The van der Waals surface area contributed by atoms with E-state index in [0.29, 0.717) is 19.3 Å². The van der Waals surface area contributed by atoms with Crippen LogP contribution in [0.25, 0.3) is 0 Å². The Kier molecular flexibility index (Phi) is 9.33. The monoisotopic (exact) mass is 517 g/mol. The number of fused-ring (bicyclic) bond motifs is 1. The molecule has 0 amide bonds. The summed E-state index contributed by atoms with van der Waals surface area (Å²) >= 11 is 0. The molecule has 6 nitrogen and oxygen atoms in total. The second-order valence-electron chi connectivity index (χ2n) is 8.01. The zero-order chi connectivity index (χ0) is 20.0. The topological polar surface area (TPSA) is 55.3 Å². The summed E-state index contributed by atoms with van der Waals surface area (Å²) in [6.07, 6.45) is 3.41. The number of halogens is 1. The van der Waals surface area contributed by atoms with Crippen molar-refractivity contribution >= 4 is 29.9 Å². The van der Waals surface area contributed by atoms with Crippen molar-refractivity contribution < 1.29 is 14.2 Å². The third kappa shape index (κ3) is 6.64. The molecule has 0 spiro atoms. The van der Waals surface area contributed by atoms with Gasteiger partial charge in [-0.1, -0.05) is 12.1 Å². The molecule has 1 fully saturated rings. The van der Waals surface area contributed by atoms with Crippen LogP contribution in [0.5, 0.6) is 11.5 Å². The van der Waals surface area contributed by atoms with Crippen LogP contribution in [-0.4, -0.2) is 62.0 Å². The van der Waals surface area contributed by atoms with Gasteiger partial charge in [0.05, 0.1) is 12.6 Å². The third-order valence-electron chi connectivity index (χ3n) is 5.14. The third-order valence-corrected chi connectivity index (χ3v) is 5.14. The van der Waals surface area contributed by atoms with Crippen molar-refractivity contribution in [1.82, 2.24) is 10.2 Å². The molecule has 2 heterocycles. The van der Waals surface area contributed by atoms with Gasteiger partial charge in [0.25, 0.3) is 0 Å². The highest BCUT2D eigenvalue weighted by Gasteiger charge is 2.32. The van der Waals surface area contributed by atoms with Crippen LogP contribution in [0.1, 0.15) is 46.1 Å². The Bertz CT molecular complexity index is 673. The molecule has 3 rings (SSSR count). The first-order chi connectivity index (χ1) is 13.5. The minimum atomic E-state index is -0.161. The molecule has 0 aromatic heterocycles. The molecule has 0 bridgehead atoms. The van der Waals surface area contributed by atoms with Gasteiger partial charge in [0.15, 0.2) is 17.5 Å². The Morgan fingerprint density at radius 3 is 2.72 bits per heavy atom. The first-order valence-electron chi connectivity index (χ1n) is 10.6. The molecular weight excluding hydrogens is 481 g/mol. The molecule has 0 unspecified atom stereocenters. The van der Waals surface area contributed by atoms with E-state index in [0.717, 1.165) is 63.0 Å². The Labute approximate surface area is 192 Å². The second-order valence-corrected chi connectivity index (χ2v) is 8.01. The SMILES string of the molecule is CCNC(=NCCOc1cccc2c1OC(C)(C)C2)N1CCC(OCC)CC1.I. The predicted molar refractivity (Wildman–Crippen MR) is 128 cm³/mol. The number of piperidine rings is 1. The molecule has 1 N–H and O–H groups in total. The van der Waals surface area contributed by atoms with Gasteiger partial charge in [-0.3, -0.25) is 0 Å². The van der Waals surface area contributed by atoms with Crippen LogP contribution in [-0.2, 0) is 11.2 Å². The number of likely N-dealkylation sites (tertiary alicyclic amines) is 1. The van der Waals surface area contributed by atoms with Crippen molar-refractivity contribution in [3.63, 3.8) is 0 Å². The largest absolute Gasteiger partial charge is 0.488 e. The van der Waals surface area contributed by atoms with Crippen LogP contribution >= 0.6 is 24.0 Å². The van der Waals surface area contributed by atoms with E-state index in [-0.39, 0.29) is 29.6 Å². The number of nitrogens with one attached hydrogen (secondary N) is 1. The highest BCUT2D eigenvalue weighted by molar-refractivity contribution is 14.0. The van der Waals surface area contributed by atoms with Crippen LogP contribution in [0.3, 0.4) is 0 Å². The molecular formula is C22H36IN3O3. The zero-order valence-electron chi connectivity index (χ0n) is 18.2. The molecule has 0 aliphatic carbocycles. The number of para-hydroxylation sites is 1. The van der Waals surface area contributed by atoms with Gasteiger partial charge in [-0.15, -0.1) is 24.0 Å². The first kappa shape index (κ1) is 24.1. The smallest absolute Gasteiger partial charge is 0.194 e. The van der Waals surface area contributed by atoms with Gasteiger partial charge in [-0.2, -0.15) is 0 Å². The molecule has 7 heteroatoms. The lowest BCUT2D eigenvalue weighted by Crippen LogP contribution is -2.47. The quantitative estimate of drug-likeness (QED) is 0.258. The van der Waals surface area contributed by atoms with E-state index in [1.165, 1.54) is 5.56 Å². The summed E-state index contributed by atoms with van der Waals surface area (Å²) in [5.74, 6) is 2.68. The zero-order valence-corrected chi connectivity index (χ0v) is 20.5. The Morgan fingerprint density at radius 2 is 2.03 bits per heavy atom. The summed E-state index contributed by atoms with van der Waals surface area (Å²) in [7, 11) is 0. The Balaban J connectivity index is 0.00000300. The Hall–Kier alpha value is -1.22. The van der Waals surface area contributed by atoms with E-state index in [4.69, 9.17) is 19.2 Å². The van der Waals surface area contributed by atoms with Gasteiger partial charge in [0, 0.05) is 38.2 Å². The molecule has 29 heavy (non-hydrogen) atoms. The maximum absolute atomic E-state index is 6.07. The van der Waals surface area contributed by atoms with Crippen molar-refractivity contribution in [1.29, 1.82) is 0 Å². The van der Waals surface area contributed by atoms with Gasteiger partial charge < -0.3 is 24.4 Å². The lowest BCUT2D eigenvalue weighted by molar-refractivity contribution is 0.0263. The molecule has 0 saturated carbocycles. The van der Waals surface area contributed by atoms with Gasteiger partial charge in [0.1, 0.15) is 12.2 Å². The van der Waals surface area contributed by atoms with Crippen molar-refractivity contribution in [2.75, 3.05) is 39.4 Å². The molecule has 2 aliphatic rings. The van der Waals surface area contributed by atoms with E-state index < -0.39 is 0 Å². The van der Waals surface area contributed by atoms with Crippen molar-refractivity contribution in [2.24, 2.45) is 4.99 Å². The molecule has 1 aromatic carbocycles. The molecule has 0 atom stereocenters. The van der Waals surface area contributed by atoms with Crippen LogP contribution in [0, 0.1) is 0 Å². The standard InChI is InChI=1S/C22H35N3O3.HI/c1-5-23-21(25-13-10-18(11-14-25)26-6-2)24-12-15-27-19-9-7-8-17-16-22(3,4)28-20(17)19;/h7-9,18H,5-6,10-16H2,1-4H3,(H,23,24);1H. The van der Waals surface area contributed by atoms with E-state index in [1.807, 2.05) is 12.1 Å². The number of rotatable bonds is 7. The second kappa shape index (κ2) is 11.2. The highest BCUT2D eigenvalue weighted by atomic mass is 127. The summed E-state index contributed by atoms with van der Waals surface area (Å²) in [6, 6.07) is 6.13. The summed E-state index contributed by atoms with van der Waals surface area (Å²) in [5.41, 5.74) is 1.06. The number of hydrogen-bond donors (Lipinski definition) is 1. The number of ether oxygens (including phenoxy) is 3. The van der Waals surface area contributed by atoms with Crippen molar-refractivity contribution in [2.45, 2.75) is 58.7 Å². The number of benzene rings is 1. The molecule has 1 aromatic rings. The lowest BCUT2D eigenvalue weighted by Gasteiger charge is -2.34. The maximum atomic E-state index is 6.07. The number of hydrogen-bond acceptors (Lipinski definition) is 4. The summed E-state index contributed by atoms with van der Waals surface area (Å²) in [5, 5.41) is 3.41. The van der Waals surface area contributed by atoms with Crippen LogP contribution < -0.4 is 14.8 Å². The van der Waals surface area contributed by atoms with E-state index in [1.54, 1.807) is 0 Å². The summed E-state index contributed by atoms with van der Waals surface area (Å²) in [4.78, 5) is 7.09. The normalized spacial score (nSPS) is 18.6. The van der Waals surface area contributed by atoms with E-state index in [9.17, 15) is 0 Å². The fourth-order valence-electron chi connectivity index (χ4n) is 3.90. The van der Waals surface area contributed by atoms with Gasteiger partial charge >= 0.3 is 0 Å². The number of guanidine groups is 1. The van der Waals surface area contributed by atoms with Crippen LogP contribution in [0.15, 0.2) is 23.2 Å². The number of nitrogens with zero attached hydrogens (tertiary/aromatic N) is 2. The molecule has 0 radical (unpaired) electrons. The first-order valence-corrected chi connectivity index (χ1v) is 10.6. The Morgan fingerprint density at radius 1 is 1.28 bits per heavy atom. The fraction of sp³-hybridized carbons (Fsp3) is 0.682. The highest BCUT2D eigenvalue weighted by Crippen LogP contribution is 2.41. The minimum absolute atomic E-state index is 0. The van der Waals surface area contributed by atoms with E-state index in [2.05, 4.69) is 44.0 Å². The van der Waals surface area contributed by atoms with Crippen LogP contribution in [0.4, 0.5) is 0 Å². The van der Waals surface area contributed by atoms with Crippen molar-refractivity contribution in [3.05, 3.63) is 23.8 Å². The number of aliphatic imine (C=N–C) groups is 1. The average Bonchev–Trinajstić information content (AvgIpc) is 3.00. The van der Waals surface area contributed by atoms with Gasteiger partial charge in [-0.05, 0) is 46.6 Å². The summed E-state index contributed by atoms with van der Waals surface area (Å²) < 4.78 is 17.8. The lowest BCUT2D eigenvalue weighted by atomic mass is 10.0. The van der Waals surface area contributed by atoms with E-state index >= 15 is 0 Å². The fourth-order valence-corrected chi connectivity index (χ4v) is 3.90. The van der Waals surface area contributed by atoms with Crippen LogP contribution in [0.2, 0.25) is 0 Å². The predicted octanol–water partition coefficient (Wildman–Crippen LogP) is 3.86.